The topological polar surface area (TPSA) is 55.4 Å². The van der Waals surface area contributed by atoms with Gasteiger partial charge in [-0.3, -0.25) is 9.59 Å². The van der Waals surface area contributed by atoms with Crippen LogP contribution in [0.15, 0.2) is 42.5 Å². The first kappa shape index (κ1) is 14.9. The highest BCUT2D eigenvalue weighted by atomic mass is 16.5. The molecule has 4 heteroatoms. The minimum atomic E-state index is -0.130. The number of Topliss-reactive ketones (excluding diaryl/α,β-unsaturated/α-hetero) is 1. The summed E-state index contributed by atoms with van der Waals surface area (Å²) in [5.74, 6) is 6.71. The largest absolute Gasteiger partial charge is 0.497 e. The van der Waals surface area contributed by atoms with E-state index in [1.165, 1.54) is 0 Å². The Morgan fingerprint density at radius 3 is 2.39 bits per heavy atom. The fourth-order valence-electron chi connectivity index (χ4n) is 2.35. The zero-order valence-electron chi connectivity index (χ0n) is 12.7. The van der Waals surface area contributed by atoms with Crippen LogP contribution in [0, 0.1) is 11.8 Å². The Kier molecular flexibility index (Phi) is 4.11. The lowest BCUT2D eigenvalue weighted by molar-refractivity contribution is -0.116. The summed E-state index contributed by atoms with van der Waals surface area (Å²) >= 11 is 0. The van der Waals surface area contributed by atoms with Crippen molar-refractivity contribution in [3.8, 4) is 17.6 Å². The Hall–Kier alpha value is -3.06. The lowest BCUT2D eigenvalue weighted by Gasteiger charge is -2.05. The number of benzene rings is 2. The van der Waals surface area contributed by atoms with Crippen molar-refractivity contribution in [1.82, 2.24) is 0 Å². The molecule has 0 radical (unpaired) electrons. The molecule has 1 N–H and O–H groups in total. The second-order valence-corrected chi connectivity index (χ2v) is 5.21. The second kappa shape index (κ2) is 6.37. The van der Waals surface area contributed by atoms with Crippen molar-refractivity contribution in [1.29, 1.82) is 0 Å². The molecule has 0 unspecified atom stereocenters. The highest BCUT2D eigenvalue weighted by Crippen LogP contribution is 2.23. The van der Waals surface area contributed by atoms with E-state index in [-0.39, 0.29) is 24.5 Å². The van der Waals surface area contributed by atoms with Crippen molar-refractivity contribution >= 4 is 17.4 Å². The quantitative estimate of drug-likeness (QED) is 0.824. The van der Waals surface area contributed by atoms with Gasteiger partial charge in [-0.2, -0.15) is 0 Å². The minimum absolute atomic E-state index is 0.0357. The first-order valence-electron chi connectivity index (χ1n) is 7.29. The van der Waals surface area contributed by atoms with E-state index in [0.29, 0.717) is 11.3 Å². The number of rotatable bonds is 1. The molecule has 0 fully saturated rings. The van der Waals surface area contributed by atoms with Crippen LogP contribution in [0.25, 0.3) is 0 Å². The van der Waals surface area contributed by atoms with E-state index in [9.17, 15) is 9.59 Å². The van der Waals surface area contributed by atoms with Gasteiger partial charge in [0.25, 0.3) is 0 Å². The molecule has 23 heavy (non-hydrogen) atoms. The molecule has 0 atom stereocenters. The number of nitrogens with one attached hydrogen (secondary N) is 1. The van der Waals surface area contributed by atoms with Gasteiger partial charge >= 0.3 is 0 Å². The van der Waals surface area contributed by atoms with E-state index < -0.39 is 0 Å². The van der Waals surface area contributed by atoms with Gasteiger partial charge in [0.05, 0.1) is 12.8 Å². The zero-order valence-corrected chi connectivity index (χ0v) is 12.7. The number of hydrogen-bond acceptors (Lipinski definition) is 3. The summed E-state index contributed by atoms with van der Waals surface area (Å²) in [6.45, 7) is 0. The van der Waals surface area contributed by atoms with Crippen LogP contribution in [0.2, 0.25) is 0 Å². The number of fused-ring (bicyclic) bond motifs is 1. The summed E-state index contributed by atoms with van der Waals surface area (Å²) in [6, 6.07) is 12.7. The molecule has 3 rings (SSSR count). The van der Waals surface area contributed by atoms with Gasteiger partial charge in [-0.05, 0) is 42.5 Å². The first-order valence-corrected chi connectivity index (χ1v) is 7.29. The number of carbonyl (C=O) groups excluding carboxylic acids is 2. The summed E-state index contributed by atoms with van der Waals surface area (Å²) in [5, 5.41) is 2.74. The van der Waals surface area contributed by atoms with E-state index >= 15 is 0 Å². The van der Waals surface area contributed by atoms with Crippen molar-refractivity contribution in [3.63, 3.8) is 0 Å². The predicted octanol–water partition coefficient (Wildman–Crippen LogP) is 3.01. The fourth-order valence-corrected chi connectivity index (χ4v) is 2.35. The maximum absolute atomic E-state index is 12.1. The van der Waals surface area contributed by atoms with Gasteiger partial charge in [-0.15, -0.1) is 0 Å². The summed E-state index contributed by atoms with van der Waals surface area (Å²) in [7, 11) is 1.62. The van der Waals surface area contributed by atoms with Crippen LogP contribution in [0.5, 0.6) is 5.75 Å². The number of methoxy groups -OCH3 is 1. The molecule has 2 aromatic carbocycles. The Labute approximate surface area is 134 Å². The third-order valence-electron chi connectivity index (χ3n) is 3.61. The molecular weight excluding hydrogens is 290 g/mol. The highest BCUT2D eigenvalue weighted by Gasteiger charge is 2.19. The Balaban J connectivity index is 1.89. The van der Waals surface area contributed by atoms with Crippen LogP contribution in [0.1, 0.15) is 34.3 Å². The van der Waals surface area contributed by atoms with Crippen molar-refractivity contribution in [2.75, 3.05) is 12.4 Å². The minimum Gasteiger partial charge on any atom is -0.497 e. The van der Waals surface area contributed by atoms with Gasteiger partial charge in [0.15, 0.2) is 5.78 Å². The van der Waals surface area contributed by atoms with E-state index in [2.05, 4.69) is 17.2 Å². The number of hydrogen-bond donors (Lipinski definition) is 1. The molecule has 114 valence electrons. The summed E-state index contributed by atoms with van der Waals surface area (Å²) in [4.78, 5) is 23.6. The number of amides is 1. The molecule has 1 heterocycles. The summed E-state index contributed by atoms with van der Waals surface area (Å²) < 4.78 is 5.11. The van der Waals surface area contributed by atoms with Crippen LogP contribution < -0.4 is 10.1 Å². The van der Waals surface area contributed by atoms with Gasteiger partial charge in [-0.1, -0.05) is 11.8 Å². The third-order valence-corrected chi connectivity index (χ3v) is 3.61. The summed E-state index contributed by atoms with van der Waals surface area (Å²) in [5.41, 5.74) is 2.69. The molecule has 1 amide bonds. The first-order chi connectivity index (χ1) is 11.2. The number of ether oxygens (including phenoxy) is 1. The molecule has 1 aliphatic heterocycles. The Bertz CT molecular complexity index is 826. The average molecular weight is 305 g/mol. The zero-order chi connectivity index (χ0) is 16.2. The van der Waals surface area contributed by atoms with Crippen LogP contribution in [-0.4, -0.2) is 18.8 Å². The predicted molar refractivity (Wildman–Crippen MR) is 87.6 cm³/mol. The van der Waals surface area contributed by atoms with Crippen molar-refractivity contribution in [2.45, 2.75) is 12.8 Å². The standard InChI is InChI=1S/C19H15NO3/c1-23-15-7-4-13(5-8-15)2-3-14-6-9-17-16(12-14)18(21)10-11-19(22)20-17/h4-9,12H,10-11H2,1H3,(H,20,22). The maximum Gasteiger partial charge on any atom is 0.224 e. The number of carbonyl (C=O) groups is 2. The van der Waals surface area contributed by atoms with Gasteiger partial charge in [-0.25, -0.2) is 0 Å². The normalized spacial score (nSPS) is 13.3. The molecule has 0 saturated heterocycles. The number of anilines is 1. The van der Waals surface area contributed by atoms with Gasteiger partial charge in [0.1, 0.15) is 5.75 Å². The van der Waals surface area contributed by atoms with Crippen LogP contribution >= 0.6 is 0 Å². The van der Waals surface area contributed by atoms with Crippen LogP contribution in [0.3, 0.4) is 0 Å². The summed E-state index contributed by atoms with van der Waals surface area (Å²) in [6.07, 6.45) is 0.453. The average Bonchev–Trinajstić information content (AvgIpc) is 2.72. The molecule has 0 saturated carbocycles. The van der Waals surface area contributed by atoms with E-state index in [1.807, 2.05) is 24.3 Å². The van der Waals surface area contributed by atoms with Crippen molar-refractivity contribution in [3.05, 3.63) is 59.2 Å². The molecule has 2 aromatic rings. The molecule has 0 spiro atoms. The van der Waals surface area contributed by atoms with E-state index in [1.54, 1.807) is 25.3 Å². The van der Waals surface area contributed by atoms with Gasteiger partial charge < -0.3 is 10.1 Å². The molecule has 0 aromatic heterocycles. The fraction of sp³-hybridized carbons (Fsp3) is 0.158. The third kappa shape index (κ3) is 3.41. The number of ketones is 1. The maximum atomic E-state index is 12.1. The lowest BCUT2D eigenvalue weighted by atomic mass is 10.0. The van der Waals surface area contributed by atoms with Gasteiger partial charge in [0, 0.05) is 29.5 Å². The lowest BCUT2D eigenvalue weighted by Crippen LogP contribution is -2.09. The highest BCUT2D eigenvalue weighted by molar-refractivity contribution is 6.09. The van der Waals surface area contributed by atoms with Gasteiger partial charge in [0.2, 0.25) is 5.91 Å². The molecule has 4 nitrogen and oxygen atoms in total. The van der Waals surface area contributed by atoms with Crippen LogP contribution in [-0.2, 0) is 4.79 Å². The van der Waals surface area contributed by atoms with E-state index in [4.69, 9.17) is 4.74 Å². The monoisotopic (exact) mass is 305 g/mol. The Morgan fingerprint density at radius 1 is 0.957 bits per heavy atom. The van der Waals surface area contributed by atoms with E-state index in [0.717, 1.165) is 16.9 Å². The molecular formula is C19H15NO3. The second-order valence-electron chi connectivity index (χ2n) is 5.21. The molecule has 0 aliphatic carbocycles. The van der Waals surface area contributed by atoms with Crippen LogP contribution in [0.4, 0.5) is 5.69 Å². The molecule has 0 bridgehead atoms. The van der Waals surface area contributed by atoms with Crippen molar-refractivity contribution in [2.24, 2.45) is 0 Å². The van der Waals surface area contributed by atoms with Crippen molar-refractivity contribution < 1.29 is 14.3 Å². The molecule has 1 aliphatic rings. The smallest absolute Gasteiger partial charge is 0.224 e. The SMILES string of the molecule is COc1ccc(C#Cc2ccc3c(c2)C(=O)CCC(=O)N3)cc1. The Morgan fingerprint density at radius 2 is 1.65 bits per heavy atom.